The van der Waals surface area contributed by atoms with Crippen LogP contribution >= 0.6 is 11.6 Å². The van der Waals surface area contributed by atoms with Crippen molar-refractivity contribution in [3.05, 3.63) is 53.6 Å². The summed E-state index contributed by atoms with van der Waals surface area (Å²) in [7, 11) is 0. The molecular weight excluding hydrogens is 436 g/mol. The van der Waals surface area contributed by atoms with Gasteiger partial charge in [-0.2, -0.15) is 0 Å². The number of carboxylic acids is 1. The first-order chi connectivity index (χ1) is 15.3. The number of urea groups is 1. The second-order valence-corrected chi connectivity index (χ2v) is 7.73. The van der Waals surface area contributed by atoms with Gasteiger partial charge in [0.2, 0.25) is 11.8 Å². The number of carbonyl (C=O) groups excluding carboxylic acids is 3. The summed E-state index contributed by atoms with van der Waals surface area (Å²) in [5.74, 6) is -1.86. The molecule has 0 bridgehead atoms. The van der Waals surface area contributed by atoms with E-state index in [-0.39, 0.29) is 5.91 Å². The van der Waals surface area contributed by atoms with Gasteiger partial charge in [-0.3, -0.25) is 14.4 Å². The van der Waals surface area contributed by atoms with Gasteiger partial charge < -0.3 is 26.0 Å². The van der Waals surface area contributed by atoms with Crippen LogP contribution in [0.5, 0.6) is 0 Å². The van der Waals surface area contributed by atoms with Gasteiger partial charge in [0, 0.05) is 35.1 Å². The Balaban J connectivity index is 1.62. The van der Waals surface area contributed by atoms with Gasteiger partial charge in [0.05, 0.1) is 6.42 Å². The average Bonchev–Trinajstić information content (AvgIpc) is 2.75. The van der Waals surface area contributed by atoms with Gasteiger partial charge in [0.1, 0.15) is 6.04 Å². The Bertz CT molecular complexity index is 994. The minimum Gasteiger partial charge on any atom is -0.481 e. The molecule has 32 heavy (non-hydrogen) atoms. The molecular formula is C22H23ClN4O5. The van der Waals surface area contributed by atoms with Crippen LogP contribution in [0.25, 0.3) is 0 Å². The molecule has 0 aliphatic carbocycles. The Morgan fingerprint density at radius 3 is 2.22 bits per heavy atom. The molecule has 0 spiro atoms. The predicted octanol–water partition coefficient (Wildman–Crippen LogP) is 3.46. The summed E-state index contributed by atoms with van der Waals surface area (Å²) in [4.78, 5) is 49.8. The zero-order valence-electron chi connectivity index (χ0n) is 17.1. The Kier molecular flexibility index (Phi) is 7.67. The number of carbonyl (C=O) groups is 4. The average molecular weight is 459 g/mol. The lowest BCUT2D eigenvalue weighted by Crippen LogP contribution is -2.46. The number of aliphatic carboxylic acids is 1. The standard InChI is InChI=1S/C22H23ClN4O5/c23-14-4-6-16(7-5-14)25-22(32)26-18(13-20(29)30)21(31)24-15-8-10-17(11-9-15)27-12-2-1-3-19(27)28/h4-11,18H,1-3,12-13H2,(H,24,31)(H,29,30)(H2,25,26,32)/t18-/m0/s1. The number of anilines is 3. The van der Waals surface area contributed by atoms with Crippen LogP contribution in [0.15, 0.2) is 48.5 Å². The number of nitrogens with zero attached hydrogens (tertiary/aromatic N) is 1. The molecule has 0 unspecified atom stereocenters. The van der Waals surface area contributed by atoms with Crippen LogP contribution in [0, 0.1) is 0 Å². The molecule has 0 saturated carbocycles. The maximum atomic E-state index is 12.6. The Hall–Kier alpha value is -3.59. The summed E-state index contributed by atoms with van der Waals surface area (Å²) in [5.41, 5.74) is 1.58. The van der Waals surface area contributed by atoms with Gasteiger partial charge in [-0.15, -0.1) is 0 Å². The number of hydrogen-bond acceptors (Lipinski definition) is 4. The number of carboxylic acid groups (broad SMARTS) is 1. The van der Waals surface area contributed by atoms with Crippen LogP contribution in [0.4, 0.5) is 21.9 Å². The molecule has 1 saturated heterocycles. The van der Waals surface area contributed by atoms with Crippen LogP contribution < -0.4 is 20.9 Å². The minimum absolute atomic E-state index is 0.0606. The number of benzene rings is 2. The molecule has 3 rings (SSSR count). The fourth-order valence-electron chi connectivity index (χ4n) is 3.28. The lowest BCUT2D eigenvalue weighted by molar-refractivity contribution is -0.139. The van der Waals surface area contributed by atoms with Crippen molar-refractivity contribution in [3.63, 3.8) is 0 Å². The van der Waals surface area contributed by atoms with Gasteiger partial charge in [-0.1, -0.05) is 11.6 Å². The van der Waals surface area contributed by atoms with Crippen LogP contribution in [0.2, 0.25) is 5.02 Å². The highest BCUT2D eigenvalue weighted by molar-refractivity contribution is 6.30. The van der Waals surface area contributed by atoms with Crippen molar-refractivity contribution in [1.82, 2.24) is 5.32 Å². The Morgan fingerprint density at radius 2 is 1.59 bits per heavy atom. The fraction of sp³-hybridized carbons (Fsp3) is 0.273. The third-order valence-corrected chi connectivity index (χ3v) is 5.12. The maximum Gasteiger partial charge on any atom is 0.319 e. The highest BCUT2D eigenvalue weighted by atomic mass is 35.5. The molecule has 168 valence electrons. The van der Waals surface area contributed by atoms with Crippen molar-refractivity contribution >= 4 is 52.5 Å². The lowest BCUT2D eigenvalue weighted by Gasteiger charge is -2.27. The molecule has 10 heteroatoms. The van der Waals surface area contributed by atoms with Gasteiger partial charge in [0.15, 0.2) is 0 Å². The molecule has 9 nitrogen and oxygen atoms in total. The topological polar surface area (TPSA) is 128 Å². The third-order valence-electron chi connectivity index (χ3n) is 4.87. The fourth-order valence-corrected chi connectivity index (χ4v) is 3.40. The summed E-state index contributed by atoms with van der Waals surface area (Å²) in [6.07, 6.45) is 1.73. The van der Waals surface area contributed by atoms with E-state index in [9.17, 15) is 19.2 Å². The first-order valence-corrected chi connectivity index (χ1v) is 10.5. The Labute approximate surface area is 189 Å². The summed E-state index contributed by atoms with van der Waals surface area (Å²) < 4.78 is 0. The van der Waals surface area contributed by atoms with Crippen molar-refractivity contribution in [2.45, 2.75) is 31.7 Å². The van der Waals surface area contributed by atoms with E-state index in [1.807, 2.05) is 0 Å². The molecule has 2 aromatic carbocycles. The first-order valence-electron chi connectivity index (χ1n) is 10.1. The lowest BCUT2D eigenvalue weighted by atomic mass is 10.1. The summed E-state index contributed by atoms with van der Waals surface area (Å²) >= 11 is 5.80. The van der Waals surface area contributed by atoms with Crippen molar-refractivity contribution in [2.75, 3.05) is 22.1 Å². The summed E-state index contributed by atoms with van der Waals surface area (Å²) in [6, 6.07) is 11.0. The smallest absolute Gasteiger partial charge is 0.319 e. The van der Waals surface area contributed by atoms with E-state index in [4.69, 9.17) is 16.7 Å². The van der Waals surface area contributed by atoms with E-state index in [2.05, 4.69) is 16.0 Å². The number of piperidine rings is 1. The number of nitrogens with one attached hydrogen (secondary N) is 3. The van der Waals surface area contributed by atoms with Crippen molar-refractivity contribution in [1.29, 1.82) is 0 Å². The summed E-state index contributed by atoms with van der Waals surface area (Å²) in [5, 5.41) is 17.1. The number of rotatable bonds is 7. The molecule has 2 aromatic rings. The normalized spacial score (nSPS) is 14.4. The molecule has 0 aromatic heterocycles. The summed E-state index contributed by atoms with van der Waals surface area (Å²) in [6.45, 7) is 0.651. The second-order valence-electron chi connectivity index (χ2n) is 7.29. The molecule has 1 aliphatic rings. The van der Waals surface area contributed by atoms with E-state index in [1.54, 1.807) is 53.4 Å². The molecule has 0 radical (unpaired) electrons. The molecule has 1 atom stereocenters. The van der Waals surface area contributed by atoms with Crippen molar-refractivity contribution in [3.8, 4) is 0 Å². The SMILES string of the molecule is O=C(O)C[C@H](NC(=O)Nc1ccc(Cl)cc1)C(=O)Nc1ccc(N2CCCCC2=O)cc1. The predicted molar refractivity (Wildman–Crippen MR) is 121 cm³/mol. The quantitative estimate of drug-likeness (QED) is 0.505. The van der Waals surface area contributed by atoms with Crippen molar-refractivity contribution in [2.24, 2.45) is 0 Å². The zero-order valence-corrected chi connectivity index (χ0v) is 17.9. The number of halogens is 1. The van der Waals surface area contributed by atoms with Crippen LogP contribution in [0.3, 0.4) is 0 Å². The number of hydrogen-bond donors (Lipinski definition) is 4. The monoisotopic (exact) mass is 458 g/mol. The molecule has 4 amide bonds. The van der Waals surface area contributed by atoms with Crippen LogP contribution in [-0.4, -0.2) is 41.5 Å². The van der Waals surface area contributed by atoms with Gasteiger partial charge >= 0.3 is 12.0 Å². The second kappa shape index (κ2) is 10.6. The van der Waals surface area contributed by atoms with Crippen LogP contribution in [-0.2, 0) is 14.4 Å². The van der Waals surface area contributed by atoms with Gasteiger partial charge in [-0.05, 0) is 61.4 Å². The van der Waals surface area contributed by atoms with Crippen molar-refractivity contribution < 1.29 is 24.3 Å². The number of amides is 4. The highest BCUT2D eigenvalue weighted by Crippen LogP contribution is 2.23. The Morgan fingerprint density at radius 1 is 0.969 bits per heavy atom. The van der Waals surface area contributed by atoms with Gasteiger partial charge in [-0.25, -0.2) is 4.79 Å². The highest BCUT2D eigenvalue weighted by Gasteiger charge is 2.24. The van der Waals surface area contributed by atoms with E-state index in [1.165, 1.54) is 0 Å². The van der Waals surface area contributed by atoms with Gasteiger partial charge in [0.25, 0.3) is 0 Å². The largest absolute Gasteiger partial charge is 0.481 e. The molecule has 1 fully saturated rings. The van der Waals surface area contributed by atoms with E-state index in [0.717, 1.165) is 18.5 Å². The minimum atomic E-state index is -1.30. The first kappa shape index (κ1) is 23.1. The molecule has 1 heterocycles. The van der Waals surface area contributed by atoms with E-state index in [0.29, 0.717) is 29.4 Å². The maximum absolute atomic E-state index is 12.6. The zero-order chi connectivity index (χ0) is 23.1. The van der Waals surface area contributed by atoms with E-state index >= 15 is 0 Å². The van der Waals surface area contributed by atoms with Crippen LogP contribution in [0.1, 0.15) is 25.7 Å². The third kappa shape index (κ3) is 6.45. The molecule has 1 aliphatic heterocycles. The molecule has 4 N–H and O–H groups in total. The van der Waals surface area contributed by atoms with E-state index < -0.39 is 30.4 Å².